The van der Waals surface area contributed by atoms with E-state index < -0.39 is 0 Å². The van der Waals surface area contributed by atoms with Gasteiger partial charge in [-0.25, -0.2) is 0 Å². The Morgan fingerprint density at radius 3 is 2.58 bits per heavy atom. The molecule has 134 valence electrons. The second-order valence-electron chi connectivity index (χ2n) is 7.29. The maximum atomic E-state index is 9.46. The molecular weight excluding hydrogens is 322 g/mol. The molecule has 2 aromatic carbocycles. The summed E-state index contributed by atoms with van der Waals surface area (Å²) in [7, 11) is 0. The van der Waals surface area contributed by atoms with Gasteiger partial charge < -0.3 is 9.84 Å². The summed E-state index contributed by atoms with van der Waals surface area (Å²) in [5.74, 6) is 8.75. The maximum Gasteiger partial charge on any atom is 0.119 e. The van der Waals surface area contributed by atoms with Gasteiger partial charge in [-0.2, -0.15) is 0 Å². The first kappa shape index (κ1) is 17.1. The second kappa shape index (κ2) is 7.95. The van der Waals surface area contributed by atoms with Crippen molar-refractivity contribution in [2.24, 2.45) is 11.8 Å². The van der Waals surface area contributed by atoms with E-state index in [1.165, 1.54) is 12.0 Å². The minimum absolute atomic E-state index is 0.279. The van der Waals surface area contributed by atoms with E-state index in [9.17, 15) is 5.11 Å². The molecule has 1 N–H and O–H groups in total. The van der Waals surface area contributed by atoms with Crippen LogP contribution < -0.4 is 4.74 Å². The third-order valence-corrected chi connectivity index (χ3v) is 5.59. The van der Waals surface area contributed by atoms with Gasteiger partial charge in [0.05, 0.1) is 6.61 Å². The predicted molar refractivity (Wildman–Crippen MR) is 103 cm³/mol. The smallest absolute Gasteiger partial charge is 0.119 e. The molecular formula is C23H25NO2. The van der Waals surface area contributed by atoms with E-state index in [1.54, 1.807) is 0 Å². The molecule has 0 radical (unpaired) electrons. The molecule has 2 bridgehead atoms. The lowest BCUT2D eigenvalue weighted by Gasteiger charge is -2.47. The molecule has 0 aromatic heterocycles. The van der Waals surface area contributed by atoms with Gasteiger partial charge in [-0.05, 0) is 55.1 Å². The monoisotopic (exact) mass is 347 g/mol. The lowest BCUT2D eigenvalue weighted by Crippen LogP contribution is -2.54. The van der Waals surface area contributed by atoms with Crippen LogP contribution in [0.4, 0.5) is 0 Å². The summed E-state index contributed by atoms with van der Waals surface area (Å²) < 4.78 is 5.83. The molecule has 4 atom stereocenters. The van der Waals surface area contributed by atoms with Crippen LogP contribution >= 0.6 is 0 Å². The average Bonchev–Trinajstić information content (AvgIpc) is 2.72. The van der Waals surface area contributed by atoms with Crippen molar-refractivity contribution in [1.29, 1.82) is 0 Å². The topological polar surface area (TPSA) is 32.7 Å². The van der Waals surface area contributed by atoms with Crippen molar-refractivity contribution < 1.29 is 9.84 Å². The highest BCUT2D eigenvalue weighted by molar-refractivity contribution is 5.39. The Hall–Kier alpha value is -2.28. The van der Waals surface area contributed by atoms with E-state index in [2.05, 4.69) is 28.9 Å². The summed E-state index contributed by atoms with van der Waals surface area (Å²) in [5.41, 5.74) is 2.20. The first-order valence-corrected chi connectivity index (χ1v) is 9.45. The Morgan fingerprint density at radius 1 is 1.08 bits per heavy atom. The van der Waals surface area contributed by atoms with Gasteiger partial charge in [0.2, 0.25) is 0 Å². The van der Waals surface area contributed by atoms with Crippen molar-refractivity contribution in [1.82, 2.24) is 4.90 Å². The molecule has 5 rings (SSSR count). The molecule has 26 heavy (non-hydrogen) atoms. The van der Waals surface area contributed by atoms with Crippen LogP contribution in [0.1, 0.15) is 24.0 Å². The molecule has 2 aromatic rings. The summed E-state index contributed by atoms with van der Waals surface area (Å²) in [6.07, 6.45) is 2.30. The van der Waals surface area contributed by atoms with Crippen LogP contribution in [-0.2, 0) is 6.61 Å². The first-order valence-electron chi connectivity index (χ1n) is 9.45. The van der Waals surface area contributed by atoms with Crippen molar-refractivity contribution in [3.8, 4) is 17.6 Å². The average molecular weight is 347 g/mol. The molecule has 0 spiro atoms. The van der Waals surface area contributed by atoms with Crippen LogP contribution in [0.3, 0.4) is 0 Å². The molecule has 3 aliphatic rings. The standard InChI is InChI=1S/C23H25NO2/c25-16-22-14-20-12-13-24(22)15-21(20)9-6-18-7-10-23(11-8-18)26-17-19-4-2-1-3-5-19/h1-5,7-8,10-11,20-22,25H,12-17H2/t20?,21-,22+/m0/s1. The molecule has 3 aliphatic heterocycles. The fraction of sp³-hybridized carbons (Fsp3) is 0.391. The van der Waals surface area contributed by atoms with Crippen molar-refractivity contribution in [3.63, 3.8) is 0 Å². The molecule has 3 saturated heterocycles. The molecule has 0 saturated carbocycles. The van der Waals surface area contributed by atoms with E-state index in [0.717, 1.165) is 30.8 Å². The van der Waals surface area contributed by atoms with Gasteiger partial charge in [-0.1, -0.05) is 42.2 Å². The number of benzene rings is 2. The summed E-state index contributed by atoms with van der Waals surface area (Å²) in [6, 6.07) is 18.6. The van der Waals surface area contributed by atoms with Gasteiger partial charge in [0.25, 0.3) is 0 Å². The van der Waals surface area contributed by atoms with E-state index in [0.29, 0.717) is 24.5 Å². The molecule has 2 unspecified atom stereocenters. The summed E-state index contributed by atoms with van der Waals surface area (Å²) in [5, 5.41) is 9.46. The first-order chi connectivity index (χ1) is 12.8. The number of rotatable bonds is 4. The second-order valence-corrected chi connectivity index (χ2v) is 7.29. The number of ether oxygens (including phenoxy) is 1. The number of aliphatic hydroxyl groups excluding tert-OH is 1. The molecule has 3 heteroatoms. The number of hydrogen-bond donors (Lipinski definition) is 1. The quantitative estimate of drug-likeness (QED) is 0.861. The Morgan fingerprint density at radius 2 is 1.88 bits per heavy atom. The van der Waals surface area contributed by atoms with Crippen LogP contribution in [0, 0.1) is 23.7 Å². The fourth-order valence-corrected chi connectivity index (χ4v) is 4.04. The van der Waals surface area contributed by atoms with E-state index >= 15 is 0 Å². The summed E-state index contributed by atoms with van der Waals surface area (Å²) in [4.78, 5) is 2.40. The van der Waals surface area contributed by atoms with Crippen molar-refractivity contribution in [3.05, 3.63) is 65.7 Å². The van der Waals surface area contributed by atoms with E-state index in [4.69, 9.17) is 4.74 Å². The maximum absolute atomic E-state index is 9.46. The van der Waals surface area contributed by atoms with Crippen molar-refractivity contribution >= 4 is 0 Å². The number of nitrogens with zero attached hydrogens (tertiary/aromatic N) is 1. The SMILES string of the molecule is OC[C@H]1CC2CCN1C[C@@H]2C#Cc1ccc(OCc2ccccc2)cc1. The molecule has 0 amide bonds. The van der Waals surface area contributed by atoms with Gasteiger partial charge in [0.1, 0.15) is 12.4 Å². The highest BCUT2D eigenvalue weighted by Gasteiger charge is 2.38. The van der Waals surface area contributed by atoms with Gasteiger partial charge in [0, 0.05) is 24.1 Å². The van der Waals surface area contributed by atoms with Crippen molar-refractivity contribution in [2.45, 2.75) is 25.5 Å². The zero-order valence-corrected chi connectivity index (χ0v) is 15.0. The van der Waals surface area contributed by atoms with Crippen LogP contribution in [0.5, 0.6) is 5.75 Å². The third-order valence-electron chi connectivity index (χ3n) is 5.59. The minimum Gasteiger partial charge on any atom is -0.489 e. The lowest BCUT2D eigenvalue weighted by atomic mass is 9.76. The number of hydrogen-bond acceptors (Lipinski definition) is 3. The Balaban J connectivity index is 1.34. The predicted octanol–water partition coefficient (Wildman–Crippen LogP) is 3.32. The minimum atomic E-state index is 0.279. The number of piperidine rings is 3. The third kappa shape index (κ3) is 3.93. The van der Waals surface area contributed by atoms with E-state index in [-0.39, 0.29) is 6.61 Å². The van der Waals surface area contributed by atoms with Gasteiger partial charge in [-0.15, -0.1) is 0 Å². The van der Waals surface area contributed by atoms with Crippen LogP contribution in [0.25, 0.3) is 0 Å². The van der Waals surface area contributed by atoms with Gasteiger partial charge in [0.15, 0.2) is 0 Å². The number of fused-ring (bicyclic) bond motifs is 3. The Bertz CT molecular complexity index is 775. The fourth-order valence-electron chi connectivity index (χ4n) is 4.04. The zero-order chi connectivity index (χ0) is 17.8. The Labute approximate surface area is 155 Å². The normalized spacial score (nSPS) is 26.8. The van der Waals surface area contributed by atoms with E-state index in [1.807, 2.05) is 42.5 Å². The van der Waals surface area contributed by atoms with Crippen LogP contribution in [0.15, 0.2) is 54.6 Å². The lowest BCUT2D eigenvalue weighted by molar-refractivity contribution is -0.00370. The molecule has 3 heterocycles. The molecule has 0 aliphatic carbocycles. The largest absolute Gasteiger partial charge is 0.489 e. The van der Waals surface area contributed by atoms with Crippen LogP contribution in [0.2, 0.25) is 0 Å². The zero-order valence-electron chi connectivity index (χ0n) is 15.0. The highest BCUT2D eigenvalue weighted by Crippen LogP contribution is 2.35. The summed E-state index contributed by atoms with van der Waals surface area (Å²) >= 11 is 0. The highest BCUT2D eigenvalue weighted by atomic mass is 16.5. The molecule has 3 nitrogen and oxygen atoms in total. The Kier molecular flexibility index (Phi) is 5.24. The van der Waals surface area contributed by atoms with Gasteiger partial charge >= 0.3 is 0 Å². The summed E-state index contributed by atoms with van der Waals surface area (Å²) in [6.45, 7) is 2.97. The number of aliphatic hydroxyl groups is 1. The van der Waals surface area contributed by atoms with Gasteiger partial charge in [-0.3, -0.25) is 4.90 Å². The van der Waals surface area contributed by atoms with Crippen molar-refractivity contribution in [2.75, 3.05) is 19.7 Å². The van der Waals surface area contributed by atoms with Crippen LogP contribution in [-0.4, -0.2) is 35.7 Å². The molecule has 3 fully saturated rings.